The average Bonchev–Trinajstić information content (AvgIpc) is 1.93. The van der Waals surface area contributed by atoms with Gasteiger partial charge in [0.1, 0.15) is 6.20 Å². The van der Waals surface area contributed by atoms with Crippen molar-refractivity contribution < 1.29 is 4.68 Å². The zero-order valence-electron chi connectivity index (χ0n) is 6.13. The average molecular weight is 139 g/mol. The van der Waals surface area contributed by atoms with Crippen LogP contribution in [0.3, 0.4) is 0 Å². The molecule has 0 saturated carbocycles. The molecule has 0 fully saturated rings. The Labute approximate surface area is 59.5 Å². The number of nitrogen functional groups attached to an aromatic ring is 2. The van der Waals surface area contributed by atoms with Gasteiger partial charge in [0.15, 0.2) is 0 Å². The Morgan fingerprint density at radius 3 is 2.60 bits per heavy atom. The van der Waals surface area contributed by atoms with Crippen LogP contribution in [0.15, 0.2) is 6.20 Å². The van der Waals surface area contributed by atoms with Crippen molar-refractivity contribution in [3.63, 3.8) is 0 Å². The van der Waals surface area contributed by atoms with Crippen LogP contribution in [0.1, 0.15) is 11.4 Å². The number of aromatic nitrogens is 2. The zero-order chi connectivity index (χ0) is 7.72. The fourth-order valence-corrected chi connectivity index (χ4v) is 0.683. The van der Waals surface area contributed by atoms with Crippen LogP contribution in [-0.2, 0) is 0 Å². The fraction of sp³-hybridized carbons (Fsp3) is 0.333. The predicted octanol–water partition coefficient (Wildman–Crippen LogP) is -0.718. The first-order valence-electron chi connectivity index (χ1n) is 3.01. The summed E-state index contributed by atoms with van der Waals surface area (Å²) < 4.78 is 1.37. The number of hydrogen-bond donors (Lipinski definition) is 2. The maximum absolute atomic E-state index is 5.58. The highest BCUT2D eigenvalue weighted by Crippen LogP contribution is 1.99. The monoisotopic (exact) mass is 139 g/mol. The van der Waals surface area contributed by atoms with Crippen molar-refractivity contribution in [2.75, 3.05) is 11.6 Å². The van der Waals surface area contributed by atoms with E-state index in [1.54, 1.807) is 13.1 Å². The van der Waals surface area contributed by atoms with Crippen LogP contribution in [0, 0.1) is 13.8 Å². The molecule has 4 nitrogen and oxygen atoms in total. The fourth-order valence-electron chi connectivity index (χ4n) is 0.683. The van der Waals surface area contributed by atoms with E-state index >= 15 is 0 Å². The molecule has 1 rings (SSSR count). The molecule has 0 amide bonds. The van der Waals surface area contributed by atoms with Gasteiger partial charge in [-0.25, -0.2) is 0 Å². The minimum absolute atomic E-state index is 0.563. The second-order valence-corrected chi connectivity index (χ2v) is 2.24. The van der Waals surface area contributed by atoms with Crippen LogP contribution in [-0.4, -0.2) is 4.98 Å². The van der Waals surface area contributed by atoms with E-state index in [-0.39, 0.29) is 0 Å². The lowest BCUT2D eigenvalue weighted by Gasteiger charge is -1.99. The zero-order valence-corrected chi connectivity index (χ0v) is 6.13. The van der Waals surface area contributed by atoms with Gasteiger partial charge in [0.25, 0.3) is 5.82 Å². The molecule has 0 aliphatic carbocycles. The van der Waals surface area contributed by atoms with E-state index in [0.717, 1.165) is 5.56 Å². The Kier molecular flexibility index (Phi) is 1.45. The minimum Gasteiger partial charge on any atom is -0.317 e. The molecule has 4 N–H and O–H groups in total. The molecule has 1 heterocycles. The molecular weight excluding hydrogens is 128 g/mol. The van der Waals surface area contributed by atoms with Crippen LogP contribution in [0.5, 0.6) is 0 Å². The van der Waals surface area contributed by atoms with Gasteiger partial charge in [-0.2, -0.15) is 0 Å². The quantitative estimate of drug-likeness (QED) is 0.368. The highest BCUT2D eigenvalue weighted by molar-refractivity contribution is 5.30. The number of nitrogens with two attached hydrogens (primary N) is 2. The molecular formula is C6H11N4+. The number of rotatable bonds is 0. The van der Waals surface area contributed by atoms with Gasteiger partial charge in [-0.1, -0.05) is 0 Å². The summed E-state index contributed by atoms with van der Waals surface area (Å²) in [6, 6.07) is 0. The first-order chi connectivity index (χ1) is 4.63. The lowest BCUT2D eigenvalue weighted by atomic mass is 10.3. The third-order valence-corrected chi connectivity index (χ3v) is 1.46. The van der Waals surface area contributed by atoms with Crippen molar-refractivity contribution in [1.29, 1.82) is 0 Å². The van der Waals surface area contributed by atoms with Crippen LogP contribution in [0.25, 0.3) is 0 Å². The molecule has 0 aromatic carbocycles. The Hall–Kier alpha value is -1.32. The van der Waals surface area contributed by atoms with E-state index in [0.29, 0.717) is 11.6 Å². The van der Waals surface area contributed by atoms with Crippen molar-refractivity contribution in [3.05, 3.63) is 17.6 Å². The smallest absolute Gasteiger partial charge is 0.256 e. The molecule has 0 aliphatic heterocycles. The van der Waals surface area contributed by atoms with E-state index in [2.05, 4.69) is 4.98 Å². The molecule has 54 valence electrons. The first kappa shape index (κ1) is 6.80. The summed E-state index contributed by atoms with van der Waals surface area (Å²) in [6.07, 6.45) is 1.70. The Balaban J connectivity index is 3.34. The van der Waals surface area contributed by atoms with Gasteiger partial charge in [-0.05, 0) is 6.92 Å². The maximum atomic E-state index is 5.58. The van der Waals surface area contributed by atoms with Crippen molar-refractivity contribution >= 4 is 5.82 Å². The highest BCUT2D eigenvalue weighted by Gasteiger charge is 2.07. The Morgan fingerprint density at radius 2 is 2.10 bits per heavy atom. The van der Waals surface area contributed by atoms with E-state index < -0.39 is 0 Å². The minimum atomic E-state index is 0.563. The van der Waals surface area contributed by atoms with E-state index in [1.807, 2.05) is 6.92 Å². The van der Waals surface area contributed by atoms with Crippen LogP contribution in [0.2, 0.25) is 0 Å². The second-order valence-electron chi connectivity index (χ2n) is 2.24. The third-order valence-electron chi connectivity index (χ3n) is 1.46. The molecule has 4 heteroatoms. The molecule has 10 heavy (non-hydrogen) atoms. The normalized spacial score (nSPS) is 9.80. The SMILES string of the molecule is Cc1cnc(C)[n+](N)c1N. The van der Waals surface area contributed by atoms with Gasteiger partial charge in [0.2, 0.25) is 5.82 Å². The summed E-state index contributed by atoms with van der Waals surface area (Å²) in [7, 11) is 0. The van der Waals surface area contributed by atoms with Gasteiger partial charge in [-0.3, -0.25) is 5.84 Å². The van der Waals surface area contributed by atoms with Crippen molar-refractivity contribution in [2.45, 2.75) is 13.8 Å². The first-order valence-corrected chi connectivity index (χ1v) is 3.01. The number of nitrogens with zero attached hydrogens (tertiary/aromatic N) is 2. The lowest BCUT2D eigenvalue weighted by molar-refractivity contribution is -0.634. The summed E-state index contributed by atoms with van der Waals surface area (Å²) in [5.41, 5.74) is 6.48. The summed E-state index contributed by atoms with van der Waals surface area (Å²) in [4.78, 5) is 4.00. The lowest BCUT2D eigenvalue weighted by Crippen LogP contribution is -2.50. The summed E-state index contributed by atoms with van der Waals surface area (Å²) in [5.74, 6) is 6.79. The molecule has 0 unspecified atom stereocenters. The van der Waals surface area contributed by atoms with Crippen LogP contribution >= 0.6 is 0 Å². The Morgan fingerprint density at radius 1 is 1.50 bits per heavy atom. The second kappa shape index (κ2) is 2.13. The molecule has 0 spiro atoms. The van der Waals surface area contributed by atoms with E-state index in [1.165, 1.54) is 4.68 Å². The third kappa shape index (κ3) is 0.877. The van der Waals surface area contributed by atoms with Crippen LogP contribution < -0.4 is 16.3 Å². The molecule has 0 radical (unpaired) electrons. The Bertz CT molecular complexity index is 229. The van der Waals surface area contributed by atoms with E-state index in [9.17, 15) is 0 Å². The molecule has 0 atom stereocenters. The highest BCUT2D eigenvalue weighted by atomic mass is 15.3. The van der Waals surface area contributed by atoms with Crippen molar-refractivity contribution in [2.24, 2.45) is 0 Å². The molecule has 0 aliphatic rings. The molecule has 1 aromatic rings. The molecule has 1 aromatic heterocycles. The van der Waals surface area contributed by atoms with Gasteiger partial charge >= 0.3 is 0 Å². The largest absolute Gasteiger partial charge is 0.317 e. The molecule has 0 bridgehead atoms. The summed E-state index contributed by atoms with van der Waals surface area (Å²) in [5, 5.41) is 0. The van der Waals surface area contributed by atoms with Crippen molar-refractivity contribution in [3.8, 4) is 0 Å². The maximum Gasteiger partial charge on any atom is 0.256 e. The number of anilines is 1. The van der Waals surface area contributed by atoms with Crippen LogP contribution in [0.4, 0.5) is 5.82 Å². The summed E-state index contributed by atoms with van der Waals surface area (Å²) >= 11 is 0. The van der Waals surface area contributed by atoms with E-state index in [4.69, 9.17) is 11.6 Å². The van der Waals surface area contributed by atoms with Gasteiger partial charge < -0.3 is 5.73 Å². The van der Waals surface area contributed by atoms with Gasteiger partial charge in [-0.15, -0.1) is 9.66 Å². The van der Waals surface area contributed by atoms with Crippen molar-refractivity contribution in [1.82, 2.24) is 4.98 Å². The standard InChI is InChI=1S/C6H10N4/c1-4-3-9-5(2)10(8)6(4)7/h3,7H,8H2,1-2H3/p+1. The molecule has 0 saturated heterocycles. The van der Waals surface area contributed by atoms with Gasteiger partial charge in [0.05, 0.1) is 5.56 Å². The topological polar surface area (TPSA) is 68.8 Å². The number of aryl methyl sites for hydroxylation is 2. The predicted molar refractivity (Wildman–Crippen MR) is 38.5 cm³/mol. The number of hydrogen-bond acceptors (Lipinski definition) is 3. The van der Waals surface area contributed by atoms with Gasteiger partial charge in [0, 0.05) is 6.92 Å². The summed E-state index contributed by atoms with van der Waals surface area (Å²) in [6.45, 7) is 3.67.